The smallest absolute Gasteiger partial charge is 1.00 e. The maximum absolute atomic E-state index is 6.47. The summed E-state index contributed by atoms with van der Waals surface area (Å²) in [6.45, 7) is 15.9. The Morgan fingerprint density at radius 3 is 2.15 bits per heavy atom. The minimum atomic E-state index is -1.62. The van der Waals surface area contributed by atoms with E-state index >= 15 is 0 Å². The summed E-state index contributed by atoms with van der Waals surface area (Å²) in [4.78, 5) is 1.39. The fourth-order valence-corrected chi connectivity index (χ4v) is 7.53. The van der Waals surface area contributed by atoms with Gasteiger partial charge in [-0.1, -0.05) is 0 Å². The molecule has 145 valence electrons. The summed E-state index contributed by atoms with van der Waals surface area (Å²) >= 11 is -0.189. The van der Waals surface area contributed by atoms with Crippen LogP contribution in [0.4, 0.5) is 0 Å². The van der Waals surface area contributed by atoms with Crippen molar-refractivity contribution in [2.24, 2.45) is 0 Å². The number of allylic oxidation sites excluding steroid dienone is 4. The van der Waals surface area contributed by atoms with Crippen LogP contribution in [-0.2, 0) is 23.3 Å². The molecule has 26 heavy (non-hydrogen) atoms. The molecule has 7 heteroatoms. The van der Waals surface area contributed by atoms with Crippen LogP contribution in [0.15, 0.2) is 39.1 Å². The first-order chi connectivity index (χ1) is 10.6. The summed E-state index contributed by atoms with van der Waals surface area (Å²) in [7, 11) is 0.440. The van der Waals surface area contributed by atoms with E-state index in [0.717, 1.165) is 12.2 Å². The van der Waals surface area contributed by atoms with Crippen molar-refractivity contribution < 1.29 is 59.5 Å². The zero-order chi connectivity index (χ0) is 17.3. The summed E-state index contributed by atoms with van der Waals surface area (Å²) in [5, 5.41) is 0. The van der Waals surface area contributed by atoms with Crippen molar-refractivity contribution in [3.05, 3.63) is 45.4 Å². The molecule has 0 aliphatic heterocycles. The van der Waals surface area contributed by atoms with Crippen LogP contribution >= 0.6 is 9.35 Å². The molecule has 0 radical (unpaired) electrons. The van der Waals surface area contributed by atoms with Gasteiger partial charge in [-0.2, -0.15) is 0 Å². The minimum Gasteiger partial charge on any atom is -1.00 e. The predicted molar refractivity (Wildman–Crippen MR) is 102 cm³/mol. The van der Waals surface area contributed by atoms with Gasteiger partial charge in [0.1, 0.15) is 0 Å². The molecule has 1 aliphatic carbocycles. The standard InChI is InChI=1S/C14H24OSSi.C5H5.3ClH.Ti/c1-10-8-11(14(2,3)4)13(16)12(9-10)15-17(5,6)7;1-2-4-5-3-1;;;;/h8-9,16H,1-7H3;1-3H,4H2;3*1H;/q;;;;;+4/p-4. The summed E-state index contributed by atoms with van der Waals surface area (Å²) in [6, 6.07) is 4.59. The molecule has 1 aliphatic rings. The van der Waals surface area contributed by atoms with Crippen LogP contribution in [0, 0.1) is 6.92 Å². The van der Waals surface area contributed by atoms with Gasteiger partial charge in [0.25, 0.3) is 0 Å². The molecule has 0 unspecified atom stereocenters. The number of hydrogen-bond donors (Lipinski definition) is 0. The van der Waals surface area contributed by atoms with E-state index in [0.29, 0.717) is 0 Å². The van der Waals surface area contributed by atoms with Crippen LogP contribution < -0.4 is 41.6 Å². The maximum Gasteiger partial charge on any atom is -1.00 e. The summed E-state index contributed by atoms with van der Waals surface area (Å²) in [6.07, 6.45) is 7.91. The van der Waals surface area contributed by atoms with E-state index < -0.39 is 8.32 Å². The quantitative estimate of drug-likeness (QED) is 0.424. The van der Waals surface area contributed by atoms with Gasteiger partial charge in [0.15, 0.2) is 0 Å². The van der Waals surface area contributed by atoms with Crippen LogP contribution in [0.5, 0.6) is 5.75 Å². The summed E-state index contributed by atoms with van der Waals surface area (Å²) in [5.41, 5.74) is 2.88. The third-order valence-electron chi connectivity index (χ3n) is 3.48. The molecule has 0 fully saturated rings. The Bertz CT molecular complexity index is 649. The molecular formula is C19H28Cl3OSSiTi. The first-order valence-corrected chi connectivity index (χ1v) is 15.1. The van der Waals surface area contributed by atoms with Gasteiger partial charge in [-0.15, -0.1) is 0 Å². The molecule has 0 bridgehead atoms. The zero-order valence-corrected chi connectivity index (χ0v) is 22.2. The van der Waals surface area contributed by atoms with Crippen molar-refractivity contribution in [1.82, 2.24) is 0 Å². The fourth-order valence-electron chi connectivity index (χ4n) is 2.45. The fraction of sp³-hybridized carbons (Fsp3) is 0.474. The molecule has 0 spiro atoms. The number of halogens is 3. The second kappa shape index (κ2) is 11.6. The Kier molecular flexibility index (Phi) is 12.9. The molecule has 0 saturated heterocycles. The Balaban J connectivity index is 0. The molecule has 0 atom stereocenters. The normalized spacial score (nSPS) is 13.0. The van der Waals surface area contributed by atoms with E-state index in [1.165, 1.54) is 16.0 Å². The minimum absolute atomic E-state index is 0. The Morgan fingerprint density at radius 1 is 1.08 bits per heavy atom. The van der Waals surface area contributed by atoms with Crippen molar-refractivity contribution in [3.63, 3.8) is 0 Å². The van der Waals surface area contributed by atoms with E-state index in [9.17, 15) is 0 Å². The average molecular weight is 487 g/mol. The van der Waals surface area contributed by atoms with Crippen molar-refractivity contribution in [2.75, 3.05) is 0 Å². The average Bonchev–Trinajstić information content (AvgIpc) is 2.87. The number of aryl methyl sites for hydroxylation is 1. The topological polar surface area (TPSA) is 9.23 Å². The van der Waals surface area contributed by atoms with Crippen LogP contribution in [0.3, 0.4) is 0 Å². The third kappa shape index (κ3) is 8.77. The second-order valence-corrected chi connectivity index (χ2v) is 16.3. The number of hydrogen-bond acceptors (Lipinski definition) is 2. The van der Waals surface area contributed by atoms with E-state index in [1.54, 1.807) is 3.88 Å². The van der Waals surface area contributed by atoms with Crippen molar-refractivity contribution in [2.45, 2.75) is 64.1 Å². The molecular weight excluding hydrogens is 459 g/mol. The van der Waals surface area contributed by atoms with E-state index in [2.05, 4.69) is 87.0 Å². The van der Waals surface area contributed by atoms with Gasteiger partial charge in [-0.05, 0) is 0 Å². The molecule has 2 rings (SSSR count). The Hall–Kier alpha value is 0.651. The molecule has 1 nitrogen and oxygen atoms in total. The predicted octanol–water partition coefficient (Wildman–Crippen LogP) is -2.55. The van der Waals surface area contributed by atoms with Gasteiger partial charge >= 0.3 is 155 Å². The second-order valence-electron chi connectivity index (χ2n) is 8.13. The Morgan fingerprint density at radius 2 is 1.69 bits per heavy atom. The van der Waals surface area contributed by atoms with Crippen LogP contribution in [0.1, 0.15) is 38.3 Å². The summed E-state index contributed by atoms with van der Waals surface area (Å²) in [5.74, 6) is 1.12. The van der Waals surface area contributed by atoms with Gasteiger partial charge in [0, 0.05) is 0 Å². The van der Waals surface area contributed by atoms with Gasteiger partial charge in [-0.25, -0.2) is 0 Å². The molecule has 1 aromatic carbocycles. The third-order valence-corrected chi connectivity index (χ3v) is 8.54. The monoisotopic (exact) mass is 485 g/mol. The van der Waals surface area contributed by atoms with Gasteiger partial charge < -0.3 is 37.2 Å². The van der Waals surface area contributed by atoms with Crippen molar-refractivity contribution in [3.8, 4) is 5.75 Å². The van der Waals surface area contributed by atoms with Crippen LogP contribution in [-0.4, -0.2) is 8.32 Å². The zero-order valence-electron chi connectivity index (χ0n) is 16.5. The first-order valence-electron chi connectivity index (χ1n) is 8.19. The van der Waals surface area contributed by atoms with E-state index in [4.69, 9.17) is 4.43 Å². The van der Waals surface area contributed by atoms with E-state index in [-0.39, 0.29) is 60.5 Å². The molecule has 0 heterocycles. The van der Waals surface area contributed by atoms with Gasteiger partial charge in [-0.3, -0.25) is 0 Å². The first kappa shape index (κ1) is 28.9. The largest absolute Gasteiger partial charge is 1.00 e. The number of benzene rings is 1. The SMILES string of the molecule is Cc1cc(O[Si](C)(C)C)c([S][Ti+3][C]2=CC=CC2)c(C(C)(C)C)c1.[Cl-].[Cl-].[Cl-]. The van der Waals surface area contributed by atoms with Gasteiger partial charge in [0.2, 0.25) is 0 Å². The van der Waals surface area contributed by atoms with Crippen molar-refractivity contribution >= 4 is 17.7 Å². The molecule has 1 aromatic rings. The maximum atomic E-state index is 6.47. The van der Waals surface area contributed by atoms with Crippen LogP contribution in [0.25, 0.3) is 0 Å². The van der Waals surface area contributed by atoms with Crippen molar-refractivity contribution in [1.29, 1.82) is 0 Å². The number of rotatable bonds is 5. The summed E-state index contributed by atoms with van der Waals surface area (Å²) < 4.78 is 8.09. The molecule has 0 amide bonds. The molecule has 0 N–H and O–H groups in total. The Labute approximate surface area is 191 Å². The van der Waals surface area contributed by atoms with Crippen LogP contribution in [0.2, 0.25) is 19.6 Å². The van der Waals surface area contributed by atoms with E-state index in [1.807, 2.05) is 0 Å². The molecule has 0 saturated carbocycles. The van der Waals surface area contributed by atoms with Gasteiger partial charge in [0.05, 0.1) is 0 Å². The molecule has 0 aromatic heterocycles.